The summed E-state index contributed by atoms with van der Waals surface area (Å²) in [7, 11) is 0. The molecular weight excluding hydrogens is 270 g/mol. The molecule has 0 aliphatic carbocycles. The van der Waals surface area contributed by atoms with E-state index < -0.39 is 0 Å². The van der Waals surface area contributed by atoms with E-state index in [2.05, 4.69) is 17.2 Å². The zero-order chi connectivity index (χ0) is 14.4. The number of benzene rings is 2. The quantitative estimate of drug-likeness (QED) is 0.841. The van der Waals surface area contributed by atoms with E-state index in [1.807, 2.05) is 37.3 Å². The lowest BCUT2D eigenvalue weighted by Gasteiger charge is -2.01. The Hall–Kier alpha value is -2.24. The van der Waals surface area contributed by atoms with Crippen LogP contribution in [0.3, 0.4) is 0 Å². The molecule has 2 rings (SSSR count). The number of carbonyl (C=O) groups excluding carboxylic acids is 1. The number of carbonyl (C=O) groups is 1. The van der Waals surface area contributed by atoms with Gasteiger partial charge in [-0.15, -0.1) is 0 Å². The largest absolute Gasteiger partial charge is 0.341 e. The molecule has 2 nitrogen and oxygen atoms in total. The van der Waals surface area contributed by atoms with Gasteiger partial charge in [-0.1, -0.05) is 53.3 Å². The van der Waals surface area contributed by atoms with Crippen LogP contribution in [-0.2, 0) is 0 Å². The SMILES string of the molecule is Cc1ccc(C(=O)NCC#Cc2ccccc2Cl)cc1. The van der Waals surface area contributed by atoms with Crippen molar-refractivity contribution in [1.82, 2.24) is 5.32 Å². The van der Waals surface area contributed by atoms with Crippen molar-refractivity contribution in [2.75, 3.05) is 6.54 Å². The number of hydrogen-bond acceptors (Lipinski definition) is 1. The van der Waals surface area contributed by atoms with Crippen LogP contribution in [0.4, 0.5) is 0 Å². The minimum atomic E-state index is -0.126. The Morgan fingerprint density at radius 2 is 1.85 bits per heavy atom. The van der Waals surface area contributed by atoms with Crippen LogP contribution >= 0.6 is 11.6 Å². The standard InChI is InChI=1S/C17H14ClNO/c1-13-8-10-15(11-9-13)17(20)19-12-4-6-14-5-2-3-7-16(14)18/h2-3,5,7-11H,12H2,1H3,(H,19,20). The average Bonchev–Trinajstić information content (AvgIpc) is 2.46. The fourth-order valence-corrected chi connectivity index (χ4v) is 1.82. The second kappa shape index (κ2) is 6.79. The lowest BCUT2D eigenvalue weighted by atomic mass is 10.1. The van der Waals surface area contributed by atoms with Gasteiger partial charge in [0.25, 0.3) is 5.91 Å². The van der Waals surface area contributed by atoms with Gasteiger partial charge in [0.15, 0.2) is 0 Å². The monoisotopic (exact) mass is 283 g/mol. The summed E-state index contributed by atoms with van der Waals surface area (Å²) in [6, 6.07) is 14.8. The van der Waals surface area contributed by atoms with E-state index in [1.165, 1.54) is 0 Å². The van der Waals surface area contributed by atoms with Gasteiger partial charge >= 0.3 is 0 Å². The fraction of sp³-hybridized carbons (Fsp3) is 0.118. The van der Waals surface area contributed by atoms with Crippen molar-refractivity contribution in [3.05, 3.63) is 70.2 Å². The first-order valence-electron chi connectivity index (χ1n) is 6.25. The topological polar surface area (TPSA) is 29.1 Å². The first-order valence-corrected chi connectivity index (χ1v) is 6.63. The second-order valence-electron chi connectivity index (χ2n) is 4.33. The lowest BCUT2D eigenvalue weighted by Crippen LogP contribution is -2.23. The van der Waals surface area contributed by atoms with Gasteiger partial charge in [-0.2, -0.15) is 0 Å². The smallest absolute Gasteiger partial charge is 0.252 e. The van der Waals surface area contributed by atoms with Crippen molar-refractivity contribution in [2.24, 2.45) is 0 Å². The van der Waals surface area contributed by atoms with Gasteiger partial charge in [0.05, 0.1) is 11.6 Å². The van der Waals surface area contributed by atoms with E-state index in [-0.39, 0.29) is 12.5 Å². The van der Waals surface area contributed by atoms with Crippen molar-refractivity contribution in [1.29, 1.82) is 0 Å². The zero-order valence-corrected chi connectivity index (χ0v) is 11.9. The molecule has 0 saturated heterocycles. The summed E-state index contributed by atoms with van der Waals surface area (Å²) in [4.78, 5) is 11.8. The first-order chi connectivity index (χ1) is 9.66. The lowest BCUT2D eigenvalue weighted by molar-refractivity contribution is 0.0958. The Labute approximate surface area is 123 Å². The highest BCUT2D eigenvalue weighted by Crippen LogP contribution is 2.12. The molecule has 0 saturated carbocycles. The highest BCUT2D eigenvalue weighted by Gasteiger charge is 2.02. The van der Waals surface area contributed by atoms with Gasteiger partial charge in [0.1, 0.15) is 0 Å². The van der Waals surface area contributed by atoms with Crippen LogP contribution < -0.4 is 5.32 Å². The van der Waals surface area contributed by atoms with Crippen molar-refractivity contribution in [2.45, 2.75) is 6.92 Å². The summed E-state index contributed by atoms with van der Waals surface area (Å²) in [6.45, 7) is 2.27. The van der Waals surface area contributed by atoms with E-state index in [9.17, 15) is 4.79 Å². The molecule has 0 heterocycles. The molecule has 100 valence electrons. The third kappa shape index (κ3) is 3.88. The zero-order valence-electron chi connectivity index (χ0n) is 11.1. The first kappa shape index (κ1) is 14.2. The van der Waals surface area contributed by atoms with Gasteiger partial charge in [0.2, 0.25) is 0 Å². The Balaban J connectivity index is 1.92. The molecule has 1 amide bonds. The maximum Gasteiger partial charge on any atom is 0.252 e. The van der Waals surface area contributed by atoms with Crippen LogP contribution in [0.1, 0.15) is 21.5 Å². The maximum absolute atomic E-state index is 11.8. The fourth-order valence-electron chi connectivity index (χ4n) is 1.63. The number of aryl methyl sites for hydroxylation is 1. The highest BCUT2D eigenvalue weighted by atomic mass is 35.5. The summed E-state index contributed by atoms with van der Waals surface area (Å²) in [5, 5.41) is 3.37. The summed E-state index contributed by atoms with van der Waals surface area (Å²) in [5.74, 6) is 5.69. The Kier molecular flexibility index (Phi) is 4.81. The van der Waals surface area contributed by atoms with Crippen LogP contribution in [0.15, 0.2) is 48.5 Å². The molecule has 1 N–H and O–H groups in total. The van der Waals surface area contributed by atoms with Gasteiger partial charge in [-0.25, -0.2) is 0 Å². The molecule has 0 aromatic heterocycles. The molecule has 2 aromatic carbocycles. The third-order valence-electron chi connectivity index (χ3n) is 2.75. The van der Waals surface area contributed by atoms with Gasteiger partial charge in [-0.05, 0) is 31.2 Å². The Bertz CT molecular complexity index is 665. The molecule has 0 atom stereocenters. The van der Waals surface area contributed by atoms with Crippen LogP contribution in [0.25, 0.3) is 0 Å². The summed E-state index contributed by atoms with van der Waals surface area (Å²) in [5.41, 5.74) is 2.52. The molecule has 0 aliphatic rings. The molecule has 0 unspecified atom stereocenters. The van der Waals surface area contributed by atoms with E-state index in [1.54, 1.807) is 18.2 Å². The average molecular weight is 284 g/mol. The van der Waals surface area contributed by atoms with Crippen molar-refractivity contribution >= 4 is 17.5 Å². The highest BCUT2D eigenvalue weighted by molar-refractivity contribution is 6.31. The second-order valence-corrected chi connectivity index (χ2v) is 4.74. The maximum atomic E-state index is 11.8. The van der Waals surface area contributed by atoms with Crippen LogP contribution in [0.5, 0.6) is 0 Å². The normalized spacial score (nSPS) is 9.50. The van der Waals surface area contributed by atoms with Gasteiger partial charge in [-0.3, -0.25) is 4.79 Å². The van der Waals surface area contributed by atoms with Crippen LogP contribution in [-0.4, -0.2) is 12.5 Å². The van der Waals surface area contributed by atoms with Crippen LogP contribution in [0.2, 0.25) is 5.02 Å². The predicted molar refractivity (Wildman–Crippen MR) is 81.8 cm³/mol. The molecule has 0 bridgehead atoms. The summed E-state index contributed by atoms with van der Waals surface area (Å²) in [6.07, 6.45) is 0. The van der Waals surface area contributed by atoms with E-state index in [0.717, 1.165) is 11.1 Å². The predicted octanol–water partition coefficient (Wildman–Crippen LogP) is 3.43. The minimum absolute atomic E-state index is 0.126. The third-order valence-corrected chi connectivity index (χ3v) is 3.08. The Morgan fingerprint density at radius 3 is 2.55 bits per heavy atom. The molecule has 20 heavy (non-hydrogen) atoms. The molecule has 0 aliphatic heterocycles. The molecule has 0 radical (unpaired) electrons. The van der Waals surface area contributed by atoms with Crippen LogP contribution in [0, 0.1) is 18.8 Å². The number of rotatable bonds is 2. The minimum Gasteiger partial charge on any atom is -0.341 e. The number of nitrogens with one attached hydrogen (secondary N) is 1. The molecule has 3 heteroatoms. The molecule has 0 spiro atoms. The summed E-state index contributed by atoms with van der Waals surface area (Å²) >= 11 is 5.99. The Morgan fingerprint density at radius 1 is 1.15 bits per heavy atom. The van der Waals surface area contributed by atoms with Crippen molar-refractivity contribution < 1.29 is 4.79 Å². The van der Waals surface area contributed by atoms with Gasteiger partial charge in [0, 0.05) is 11.1 Å². The molecule has 2 aromatic rings. The molecular formula is C17H14ClNO. The van der Waals surface area contributed by atoms with E-state index in [4.69, 9.17) is 11.6 Å². The number of halogens is 1. The van der Waals surface area contributed by atoms with E-state index in [0.29, 0.717) is 10.6 Å². The van der Waals surface area contributed by atoms with E-state index >= 15 is 0 Å². The molecule has 0 fully saturated rings. The van der Waals surface area contributed by atoms with Crippen molar-refractivity contribution in [3.8, 4) is 11.8 Å². The number of hydrogen-bond donors (Lipinski definition) is 1. The number of amides is 1. The van der Waals surface area contributed by atoms with Gasteiger partial charge < -0.3 is 5.32 Å². The summed E-state index contributed by atoms with van der Waals surface area (Å²) < 4.78 is 0. The van der Waals surface area contributed by atoms with Crippen molar-refractivity contribution in [3.63, 3.8) is 0 Å².